The van der Waals surface area contributed by atoms with E-state index in [1.165, 1.54) is 22.2 Å². The van der Waals surface area contributed by atoms with Crippen molar-refractivity contribution in [1.82, 2.24) is 10.0 Å². The predicted octanol–water partition coefficient (Wildman–Crippen LogP) is 4.27. The summed E-state index contributed by atoms with van der Waals surface area (Å²) in [4.78, 5) is 51.5. The lowest BCUT2D eigenvalue weighted by Gasteiger charge is -2.42. The van der Waals surface area contributed by atoms with Crippen LogP contribution in [0.15, 0.2) is 48.5 Å². The number of benzene rings is 2. The van der Waals surface area contributed by atoms with Gasteiger partial charge in [-0.05, 0) is 86.0 Å². The first kappa shape index (κ1) is 31.8. The second-order valence-corrected chi connectivity index (χ2v) is 11.1. The van der Waals surface area contributed by atoms with E-state index in [0.29, 0.717) is 55.1 Å². The van der Waals surface area contributed by atoms with Crippen LogP contribution in [-0.2, 0) is 14.4 Å². The standard InChI is InChI=1S/C31H43N5O5/c1-6-28(38)35(33(4)5)27-9-7-8-24(18-27)29(21(2)3)30(39)36(26-16-12-23(13-17-26)31(40)41)34(20-37)25-14-10-22(19-32)11-15-25/h7-9,12-13,16-18,20-22,25,29H,6,10-11,14-15,19,32H2,1-5H3,(H,40,41)/t22?,25?,29-/m0/s1. The lowest BCUT2D eigenvalue weighted by Crippen LogP contribution is -2.54. The molecule has 0 aromatic heterocycles. The number of carbonyl (C=O) groups excluding carboxylic acids is 3. The Balaban J connectivity index is 2.09. The molecule has 10 nitrogen and oxygen atoms in total. The predicted molar refractivity (Wildman–Crippen MR) is 159 cm³/mol. The Bertz CT molecular complexity index is 1210. The van der Waals surface area contributed by atoms with Crippen LogP contribution in [0.1, 0.15) is 74.7 Å². The van der Waals surface area contributed by atoms with Gasteiger partial charge < -0.3 is 10.8 Å². The molecule has 3 amide bonds. The number of hydrogen-bond acceptors (Lipinski definition) is 6. The van der Waals surface area contributed by atoms with E-state index in [-0.39, 0.29) is 29.3 Å². The van der Waals surface area contributed by atoms with Crippen LogP contribution in [0.3, 0.4) is 0 Å². The minimum atomic E-state index is -1.08. The zero-order valence-corrected chi connectivity index (χ0v) is 24.7. The molecule has 10 heteroatoms. The highest BCUT2D eigenvalue weighted by Crippen LogP contribution is 2.35. The summed E-state index contributed by atoms with van der Waals surface area (Å²) in [6, 6.07) is 13.1. The molecule has 3 rings (SSSR count). The average Bonchev–Trinajstić information content (AvgIpc) is 2.95. The van der Waals surface area contributed by atoms with Crippen LogP contribution in [-0.4, -0.2) is 66.0 Å². The van der Waals surface area contributed by atoms with Gasteiger partial charge in [0.25, 0.3) is 5.91 Å². The number of hydrogen-bond donors (Lipinski definition) is 2. The fourth-order valence-electron chi connectivity index (χ4n) is 5.60. The maximum Gasteiger partial charge on any atom is 0.335 e. The van der Waals surface area contributed by atoms with E-state index in [2.05, 4.69) is 0 Å². The van der Waals surface area contributed by atoms with E-state index in [1.807, 2.05) is 38.1 Å². The summed E-state index contributed by atoms with van der Waals surface area (Å²) in [6.45, 7) is 6.27. The molecule has 3 N–H and O–H groups in total. The van der Waals surface area contributed by atoms with Gasteiger partial charge in [0, 0.05) is 20.5 Å². The van der Waals surface area contributed by atoms with Gasteiger partial charge in [-0.2, -0.15) is 0 Å². The van der Waals surface area contributed by atoms with Gasteiger partial charge in [0.15, 0.2) is 0 Å². The van der Waals surface area contributed by atoms with Crippen LogP contribution in [0.5, 0.6) is 0 Å². The number of nitrogens with two attached hydrogens (primary N) is 1. The van der Waals surface area contributed by atoms with Crippen molar-refractivity contribution in [1.29, 1.82) is 0 Å². The molecule has 0 saturated heterocycles. The quantitative estimate of drug-likeness (QED) is 0.291. The number of anilines is 2. The third-order valence-corrected chi connectivity index (χ3v) is 7.78. The van der Waals surface area contributed by atoms with E-state index in [0.717, 1.165) is 12.8 Å². The second-order valence-electron chi connectivity index (χ2n) is 11.1. The zero-order valence-electron chi connectivity index (χ0n) is 24.7. The Labute approximate surface area is 242 Å². The lowest BCUT2D eigenvalue weighted by molar-refractivity contribution is -0.132. The molecule has 0 bridgehead atoms. The number of rotatable bonds is 12. The maximum atomic E-state index is 14.6. The molecule has 1 fully saturated rings. The van der Waals surface area contributed by atoms with Crippen LogP contribution in [0.25, 0.3) is 0 Å². The minimum absolute atomic E-state index is 0.0831. The molecule has 2 aromatic rings. The number of amides is 3. The van der Waals surface area contributed by atoms with Gasteiger partial charge in [0.1, 0.15) is 0 Å². The van der Waals surface area contributed by atoms with Crippen molar-refractivity contribution < 1.29 is 24.3 Å². The first-order valence-corrected chi connectivity index (χ1v) is 14.2. The van der Waals surface area contributed by atoms with Gasteiger partial charge in [0.2, 0.25) is 12.3 Å². The van der Waals surface area contributed by atoms with E-state index in [4.69, 9.17) is 5.73 Å². The molecule has 0 aliphatic heterocycles. The first-order valence-electron chi connectivity index (χ1n) is 14.2. The van der Waals surface area contributed by atoms with Crippen LogP contribution >= 0.6 is 0 Å². The SMILES string of the molecule is CCC(=O)N(c1cccc([C@@H](C(=O)N(c2ccc(C(=O)O)cc2)N(C=O)C2CCC(CN)CC2)C(C)C)c1)N(C)C. The smallest absolute Gasteiger partial charge is 0.335 e. The zero-order chi connectivity index (χ0) is 30.3. The molecule has 222 valence electrons. The van der Waals surface area contributed by atoms with Gasteiger partial charge in [-0.3, -0.25) is 14.4 Å². The summed E-state index contributed by atoms with van der Waals surface area (Å²) < 4.78 is 0. The highest BCUT2D eigenvalue weighted by atomic mass is 16.4. The summed E-state index contributed by atoms with van der Waals surface area (Å²) in [5.41, 5.74) is 7.73. The Hall–Kier alpha value is -3.76. The molecule has 0 radical (unpaired) electrons. The number of carboxylic acids is 1. The molecular weight excluding hydrogens is 522 g/mol. The molecular formula is C31H43N5O5. The molecule has 2 aromatic carbocycles. The van der Waals surface area contributed by atoms with Crippen molar-refractivity contribution in [3.05, 3.63) is 59.7 Å². The molecule has 0 unspecified atom stereocenters. The Morgan fingerprint density at radius 2 is 1.61 bits per heavy atom. The molecule has 1 aliphatic rings. The topological polar surface area (TPSA) is 127 Å². The van der Waals surface area contributed by atoms with E-state index < -0.39 is 11.9 Å². The molecule has 41 heavy (non-hydrogen) atoms. The first-order chi connectivity index (χ1) is 19.5. The van der Waals surface area contributed by atoms with Crippen molar-refractivity contribution in [3.8, 4) is 0 Å². The van der Waals surface area contributed by atoms with Gasteiger partial charge >= 0.3 is 5.97 Å². The summed E-state index contributed by atoms with van der Waals surface area (Å²) in [5, 5.41) is 15.6. The highest BCUT2D eigenvalue weighted by Gasteiger charge is 2.37. The minimum Gasteiger partial charge on any atom is -0.478 e. The average molecular weight is 566 g/mol. The normalized spacial score (nSPS) is 17.7. The summed E-state index contributed by atoms with van der Waals surface area (Å²) in [6.07, 6.45) is 4.13. The fraction of sp³-hybridized carbons (Fsp3) is 0.484. The largest absolute Gasteiger partial charge is 0.478 e. The van der Waals surface area contributed by atoms with Gasteiger partial charge in [-0.25, -0.2) is 24.8 Å². The number of hydrazine groups is 2. The summed E-state index contributed by atoms with van der Waals surface area (Å²) in [7, 11) is 3.57. The van der Waals surface area contributed by atoms with Crippen molar-refractivity contribution in [2.45, 2.75) is 64.8 Å². The van der Waals surface area contributed by atoms with Gasteiger partial charge in [-0.1, -0.05) is 32.9 Å². The summed E-state index contributed by atoms with van der Waals surface area (Å²) >= 11 is 0. The van der Waals surface area contributed by atoms with Gasteiger partial charge in [0.05, 0.1) is 28.9 Å². The van der Waals surface area contributed by atoms with Crippen LogP contribution < -0.4 is 15.8 Å². The second kappa shape index (κ2) is 14.2. The van der Waals surface area contributed by atoms with Crippen molar-refractivity contribution in [2.24, 2.45) is 17.6 Å². The van der Waals surface area contributed by atoms with Crippen molar-refractivity contribution in [3.63, 3.8) is 0 Å². The van der Waals surface area contributed by atoms with Crippen LogP contribution in [0.2, 0.25) is 0 Å². The molecule has 1 saturated carbocycles. The Kier molecular flexibility index (Phi) is 11.0. The molecule has 0 spiro atoms. The van der Waals surface area contributed by atoms with E-state index in [1.54, 1.807) is 43.2 Å². The van der Waals surface area contributed by atoms with E-state index >= 15 is 0 Å². The lowest BCUT2D eigenvalue weighted by atomic mass is 9.85. The van der Waals surface area contributed by atoms with Crippen molar-refractivity contribution >= 4 is 35.6 Å². The Morgan fingerprint density at radius 3 is 2.10 bits per heavy atom. The highest BCUT2D eigenvalue weighted by molar-refractivity contribution is 6.00. The van der Waals surface area contributed by atoms with Crippen LogP contribution in [0, 0.1) is 11.8 Å². The number of nitrogens with zero attached hydrogens (tertiary/aromatic N) is 4. The van der Waals surface area contributed by atoms with Gasteiger partial charge in [-0.15, -0.1) is 0 Å². The third-order valence-electron chi connectivity index (χ3n) is 7.78. The number of aromatic carboxylic acids is 1. The summed E-state index contributed by atoms with van der Waals surface area (Å²) in [5.74, 6) is -1.90. The Morgan fingerprint density at radius 1 is 0.976 bits per heavy atom. The van der Waals surface area contributed by atoms with Crippen LogP contribution in [0.4, 0.5) is 11.4 Å². The monoisotopic (exact) mass is 565 g/mol. The van der Waals surface area contributed by atoms with E-state index in [9.17, 15) is 24.3 Å². The molecule has 1 atom stereocenters. The number of carbonyl (C=O) groups is 4. The molecule has 1 aliphatic carbocycles. The maximum absolute atomic E-state index is 14.6. The fourth-order valence-corrected chi connectivity index (χ4v) is 5.60. The third kappa shape index (κ3) is 7.31. The molecule has 0 heterocycles. The van der Waals surface area contributed by atoms with Crippen molar-refractivity contribution in [2.75, 3.05) is 30.7 Å². The number of carboxylic acid groups (broad SMARTS) is 1.